The number of ether oxygens (including phenoxy) is 3. The van der Waals surface area contributed by atoms with Gasteiger partial charge in [-0.3, -0.25) is 4.79 Å². The first-order valence-corrected chi connectivity index (χ1v) is 9.19. The Labute approximate surface area is 160 Å². The number of benzene rings is 2. The molecule has 0 saturated heterocycles. The number of carbonyl (C=O) groups is 1. The summed E-state index contributed by atoms with van der Waals surface area (Å²) in [5.41, 5.74) is 3.19. The zero-order chi connectivity index (χ0) is 19.4. The van der Waals surface area contributed by atoms with E-state index in [4.69, 9.17) is 14.2 Å². The summed E-state index contributed by atoms with van der Waals surface area (Å²) in [6, 6.07) is 12.3. The molecule has 2 aromatic rings. The van der Waals surface area contributed by atoms with Crippen molar-refractivity contribution in [3.05, 3.63) is 53.1 Å². The standard InChI is InChI=1S/C22H27NO4/c1-15-6-5-7-16(10-15)13-21(24)23(18-8-9-18)14-17-11-19(25-2)22(27-4)20(12-17)26-3/h5-7,10-12,18H,8-9,13-14H2,1-4H3. The van der Waals surface area contributed by atoms with E-state index in [1.807, 2.05) is 42.2 Å². The van der Waals surface area contributed by atoms with Crippen molar-refractivity contribution in [2.75, 3.05) is 21.3 Å². The predicted octanol–water partition coefficient (Wildman–Crippen LogP) is 3.75. The van der Waals surface area contributed by atoms with Crippen LogP contribution >= 0.6 is 0 Å². The van der Waals surface area contributed by atoms with Gasteiger partial charge in [-0.1, -0.05) is 29.8 Å². The molecule has 1 aliphatic rings. The minimum atomic E-state index is 0.150. The van der Waals surface area contributed by atoms with Gasteiger partial charge in [0.1, 0.15) is 0 Å². The lowest BCUT2D eigenvalue weighted by Gasteiger charge is -2.24. The first-order chi connectivity index (χ1) is 13.0. The molecule has 0 heterocycles. The van der Waals surface area contributed by atoms with Crippen LogP contribution in [0.5, 0.6) is 17.2 Å². The van der Waals surface area contributed by atoms with Crippen molar-refractivity contribution in [1.82, 2.24) is 4.90 Å². The van der Waals surface area contributed by atoms with Crippen LogP contribution < -0.4 is 14.2 Å². The van der Waals surface area contributed by atoms with E-state index in [0.717, 1.165) is 24.0 Å². The lowest BCUT2D eigenvalue weighted by atomic mass is 10.1. The molecule has 0 aliphatic heterocycles. The molecule has 5 heteroatoms. The number of rotatable bonds is 8. The second-order valence-electron chi connectivity index (χ2n) is 6.95. The summed E-state index contributed by atoms with van der Waals surface area (Å²) in [5.74, 6) is 1.92. The van der Waals surface area contributed by atoms with Crippen molar-refractivity contribution < 1.29 is 19.0 Å². The Hall–Kier alpha value is -2.69. The molecule has 0 radical (unpaired) electrons. The average Bonchev–Trinajstić information content (AvgIpc) is 3.50. The molecule has 0 N–H and O–H groups in total. The highest BCUT2D eigenvalue weighted by atomic mass is 16.5. The van der Waals surface area contributed by atoms with E-state index in [1.54, 1.807) is 21.3 Å². The number of methoxy groups -OCH3 is 3. The molecule has 0 aromatic heterocycles. The fourth-order valence-corrected chi connectivity index (χ4v) is 3.33. The molecule has 1 fully saturated rings. The summed E-state index contributed by atoms with van der Waals surface area (Å²) in [7, 11) is 4.78. The predicted molar refractivity (Wildman–Crippen MR) is 105 cm³/mol. The second-order valence-corrected chi connectivity index (χ2v) is 6.95. The summed E-state index contributed by atoms with van der Waals surface area (Å²) in [6.45, 7) is 2.58. The van der Waals surface area contributed by atoms with Gasteiger partial charge in [0.05, 0.1) is 27.8 Å². The van der Waals surface area contributed by atoms with Gasteiger partial charge in [0.2, 0.25) is 11.7 Å². The first kappa shape index (κ1) is 19.1. The Balaban J connectivity index is 1.81. The number of nitrogens with zero attached hydrogens (tertiary/aromatic N) is 1. The third-order valence-corrected chi connectivity index (χ3v) is 4.82. The van der Waals surface area contributed by atoms with Gasteiger partial charge in [-0.25, -0.2) is 0 Å². The van der Waals surface area contributed by atoms with Crippen LogP contribution in [0.15, 0.2) is 36.4 Å². The number of aryl methyl sites for hydroxylation is 1. The Bertz CT molecular complexity index is 789. The molecule has 27 heavy (non-hydrogen) atoms. The van der Waals surface area contributed by atoms with Crippen LogP contribution in [0.2, 0.25) is 0 Å². The minimum Gasteiger partial charge on any atom is -0.493 e. The lowest BCUT2D eigenvalue weighted by molar-refractivity contribution is -0.131. The fraction of sp³-hybridized carbons (Fsp3) is 0.409. The molecule has 0 unspecified atom stereocenters. The SMILES string of the molecule is COc1cc(CN(C(=O)Cc2cccc(C)c2)C2CC2)cc(OC)c1OC. The van der Waals surface area contributed by atoms with Crippen molar-refractivity contribution >= 4 is 5.91 Å². The molecular formula is C22H27NO4. The number of hydrogen-bond donors (Lipinski definition) is 0. The Morgan fingerprint density at radius 3 is 2.19 bits per heavy atom. The van der Waals surface area contributed by atoms with E-state index in [1.165, 1.54) is 5.56 Å². The van der Waals surface area contributed by atoms with Crippen molar-refractivity contribution in [1.29, 1.82) is 0 Å². The maximum atomic E-state index is 13.0. The fourth-order valence-electron chi connectivity index (χ4n) is 3.33. The van der Waals surface area contributed by atoms with E-state index in [2.05, 4.69) is 6.07 Å². The van der Waals surface area contributed by atoms with E-state index in [0.29, 0.717) is 36.3 Å². The molecule has 0 bridgehead atoms. The van der Waals surface area contributed by atoms with Crippen molar-refractivity contribution in [3.8, 4) is 17.2 Å². The monoisotopic (exact) mass is 369 g/mol. The molecule has 2 aromatic carbocycles. The Kier molecular flexibility index (Phi) is 5.89. The molecule has 144 valence electrons. The molecule has 1 aliphatic carbocycles. The van der Waals surface area contributed by atoms with Crippen LogP contribution in [-0.4, -0.2) is 38.2 Å². The van der Waals surface area contributed by atoms with Crippen LogP contribution in [-0.2, 0) is 17.8 Å². The maximum absolute atomic E-state index is 13.0. The zero-order valence-electron chi connectivity index (χ0n) is 16.5. The summed E-state index contributed by atoms with van der Waals surface area (Å²) >= 11 is 0. The summed E-state index contributed by atoms with van der Waals surface area (Å²) < 4.78 is 16.3. The second kappa shape index (κ2) is 8.33. The van der Waals surface area contributed by atoms with Gasteiger partial charge in [0.25, 0.3) is 0 Å². The number of hydrogen-bond acceptors (Lipinski definition) is 4. The van der Waals surface area contributed by atoms with Gasteiger partial charge in [-0.15, -0.1) is 0 Å². The molecule has 0 spiro atoms. The van der Waals surface area contributed by atoms with Gasteiger partial charge >= 0.3 is 0 Å². The highest BCUT2D eigenvalue weighted by Gasteiger charge is 2.32. The van der Waals surface area contributed by atoms with Crippen molar-refractivity contribution in [2.45, 2.75) is 38.8 Å². The molecule has 1 saturated carbocycles. The summed E-state index contributed by atoms with van der Waals surface area (Å²) in [4.78, 5) is 15.0. The molecule has 5 nitrogen and oxygen atoms in total. The van der Waals surface area contributed by atoms with Crippen LogP contribution in [0.25, 0.3) is 0 Å². The highest BCUT2D eigenvalue weighted by Crippen LogP contribution is 2.39. The van der Waals surface area contributed by atoms with Crippen LogP contribution in [0, 0.1) is 6.92 Å². The van der Waals surface area contributed by atoms with E-state index >= 15 is 0 Å². The molecule has 0 atom stereocenters. The average molecular weight is 369 g/mol. The lowest BCUT2D eigenvalue weighted by Crippen LogP contribution is -2.33. The van der Waals surface area contributed by atoms with Gasteiger partial charge in [-0.05, 0) is 43.0 Å². The smallest absolute Gasteiger partial charge is 0.227 e. The van der Waals surface area contributed by atoms with Crippen molar-refractivity contribution in [2.24, 2.45) is 0 Å². The van der Waals surface area contributed by atoms with Gasteiger partial charge < -0.3 is 19.1 Å². The Morgan fingerprint density at radius 2 is 1.67 bits per heavy atom. The summed E-state index contributed by atoms with van der Waals surface area (Å²) in [5, 5.41) is 0. The Morgan fingerprint density at radius 1 is 1.00 bits per heavy atom. The minimum absolute atomic E-state index is 0.150. The van der Waals surface area contributed by atoms with Crippen LogP contribution in [0.4, 0.5) is 0 Å². The quantitative estimate of drug-likeness (QED) is 0.711. The number of carbonyl (C=O) groups excluding carboxylic acids is 1. The van der Waals surface area contributed by atoms with Gasteiger partial charge in [0.15, 0.2) is 11.5 Å². The third-order valence-electron chi connectivity index (χ3n) is 4.82. The maximum Gasteiger partial charge on any atom is 0.227 e. The topological polar surface area (TPSA) is 48.0 Å². The molecule has 1 amide bonds. The summed E-state index contributed by atoms with van der Waals surface area (Å²) in [6.07, 6.45) is 2.54. The normalized spacial score (nSPS) is 13.2. The van der Waals surface area contributed by atoms with Crippen LogP contribution in [0.3, 0.4) is 0 Å². The third kappa shape index (κ3) is 4.54. The molecular weight excluding hydrogens is 342 g/mol. The van der Waals surface area contributed by atoms with Crippen LogP contribution in [0.1, 0.15) is 29.5 Å². The van der Waals surface area contributed by atoms with E-state index in [-0.39, 0.29) is 5.91 Å². The highest BCUT2D eigenvalue weighted by molar-refractivity contribution is 5.79. The van der Waals surface area contributed by atoms with Crippen molar-refractivity contribution in [3.63, 3.8) is 0 Å². The first-order valence-electron chi connectivity index (χ1n) is 9.19. The molecule has 3 rings (SSSR count). The van der Waals surface area contributed by atoms with E-state index < -0.39 is 0 Å². The number of amides is 1. The zero-order valence-corrected chi connectivity index (χ0v) is 16.5. The van der Waals surface area contributed by atoms with Gasteiger partial charge in [-0.2, -0.15) is 0 Å². The largest absolute Gasteiger partial charge is 0.493 e. The van der Waals surface area contributed by atoms with Gasteiger partial charge in [0, 0.05) is 12.6 Å². The van der Waals surface area contributed by atoms with E-state index in [9.17, 15) is 4.79 Å².